The van der Waals surface area contributed by atoms with Gasteiger partial charge in [-0.05, 0) is 61.6 Å². The van der Waals surface area contributed by atoms with Crippen LogP contribution in [0.1, 0.15) is 34.7 Å². The SMILES string of the molecule is Cc1ccc([C@@](C)(c2ccc(O)c(C)c2)C(F)(F)F)cc1C. The Bertz CT molecular complexity index is 650. The molecule has 0 bridgehead atoms. The Balaban J connectivity index is 2.72. The van der Waals surface area contributed by atoms with Gasteiger partial charge in [-0.25, -0.2) is 0 Å². The zero-order valence-electron chi connectivity index (χ0n) is 13.0. The molecule has 0 spiro atoms. The summed E-state index contributed by atoms with van der Waals surface area (Å²) in [4.78, 5) is 0. The summed E-state index contributed by atoms with van der Waals surface area (Å²) in [5, 5.41) is 9.58. The molecule has 1 nitrogen and oxygen atoms in total. The van der Waals surface area contributed by atoms with Crippen LogP contribution in [0, 0.1) is 20.8 Å². The fourth-order valence-electron chi connectivity index (χ4n) is 2.51. The number of alkyl halides is 3. The van der Waals surface area contributed by atoms with Crippen molar-refractivity contribution < 1.29 is 18.3 Å². The number of benzene rings is 2. The second-order valence-corrected chi connectivity index (χ2v) is 5.92. The van der Waals surface area contributed by atoms with Crippen molar-refractivity contribution in [3.63, 3.8) is 0 Å². The van der Waals surface area contributed by atoms with Crippen molar-refractivity contribution in [2.45, 2.75) is 39.3 Å². The normalized spacial score (nSPS) is 14.7. The van der Waals surface area contributed by atoms with E-state index in [-0.39, 0.29) is 16.9 Å². The minimum absolute atomic E-state index is 0.00615. The maximum atomic E-state index is 13.9. The molecule has 0 heterocycles. The summed E-state index contributed by atoms with van der Waals surface area (Å²) in [5.41, 5.74) is 0.409. The molecule has 0 aromatic heterocycles. The topological polar surface area (TPSA) is 20.2 Å². The van der Waals surface area contributed by atoms with Gasteiger partial charge in [-0.15, -0.1) is 0 Å². The van der Waals surface area contributed by atoms with Gasteiger partial charge in [0.25, 0.3) is 0 Å². The van der Waals surface area contributed by atoms with Gasteiger partial charge in [0.1, 0.15) is 11.2 Å². The van der Waals surface area contributed by atoms with Gasteiger partial charge in [0.2, 0.25) is 0 Å². The van der Waals surface area contributed by atoms with Gasteiger partial charge in [0.05, 0.1) is 0 Å². The van der Waals surface area contributed by atoms with Crippen LogP contribution in [0.25, 0.3) is 0 Å². The number of phenolic OH excluding ortho intramolecular Hbond substituents is 1. The van der Waals surface area contributed by atoms with E-state index in [1.807, 2.05) is 6.92 Å². The molecule has 4 heteroatoms. The summed E-state index contributed by atoms with van der Waals surface area (Å²) < 4.78 is 41.6. The maximum absolute atomic E-state index is 13.9. The van der Waals surface area contributed by atoms with Gasteiger partial charge >= 0.3 is 6.18 Å². The third-order valence-electron chi connectivity index (χ3n) is 4.43. The summed E-state index contributed by atoms with van der Waals surface area (Å²) in [7, 11) is 0. The molecule has 1 atom stereocenters. The van der Waals surface area contributed by atoms with Crippen LogP contribution >= 0.6 is 0 Å². The Labute approximate surface area is 128 Å². The van der Waals surface area contributed by atoms with Crippen LogP contribution in [0.4, 0.5) is 13.2 Å². The van der Waals surface area contributed by atoms with E-state index in [2.05, 4.69) is 0 Å². The zero-order chi connectivity index (χ0) is 16.7. The second kappa shape index (κ2) is 5.34. The highest BCUT2D eigenvalue weighted by molar-refractivity contribution is 5.47. The largest absolute Gasteiger partial charge is 0.508 e. The fraction of sp³-hybridized carbons (Fsp3) is 0.333. The van der Waals surface area contributed by atoms with Crippen molar-refractivity contribution in [1.29, 1.82) is 0 Å². The molecule has 2 rings (SSSR count). The lowest BCUT2D eigenvalue weighted by molar-refractivity contribution is -0.173. The molecule has 0 saturated heterocycles. The number of phenols is 1. The van der Waals surface area contributed by atoms with E-state index in [0.717, 1.165) is 11.1 Å². The summed E-state index contributed by atoms with van der Waals surface area (Å²) in [6, 6.07) is 8.88. The molecule has 2 aromatic carbocycles. The van der Waals surface area contributed by atoms with Crippen molar-refractivity contribution in [3.05, 3.63) is 64.2 Å². The first-order valence-corrected chi connectivity index (χ1v) is 7.02. The first-order chi connectivity index (χ1) is 10.1. The van der Waals surface area contributed by atoms with Crippen molar-refractivity contribution in [3.8, 4) is 5.75 Å². The molecule has 0 amide bonds. The smallest absolute Gasteiger partial charge is 0.402 e. The van der Waals surface area contributed by atoms with E-state index in [1.54, 1.807) is 26.0 Å². The highest BCUT2D eigenvalue weighted by Gasteiger charge is 2.53. The molecular weight excluding hydrogens is 289 g/mol. The van der Waals surface area contributed by atoms with Crippen LogP contribution in [0.5, 0.6) is 5.75 Å². The molecular formula is C18H19F3O. The lowest BCUT2D eigenvalue weighted by Crippen LogP contribution is -2.40. The van der Waals surface area contributed by atoms with Crippen LogP contribution in [-0.4, -0.2) is 11.3 Å². The molecule has 118 valence electrons. The summed E-state index contributed by atoms with van der Waals surface area (Å²) in [6.07, 6.45) is -4.45. The molecule has 22 heavy (non-hydrogen) atoms. The average Bonchev–Trinajstić information content (AvgIpc) is 2.42. The third-order valence-corrected chi connectivity index (χ3v) is 4.43. The van der Waals surface area contributed by atoms with Crippen LogP contribution < -0.4 is 0 Å². The van der Waals surface area contributed by atoms with E-state index >= 15 is 0 Å². The Hall–Kier alpha value is -1.97. The van der Waals surface area contributed by atoms with Gasteiger partial charge in [-0.1, -0.05) is 30.3 Å². The quantitative estimate of drug-likeness (QED) is 0.810. The van der Waals surface area contributed by atoms with Crippen molar-refractivity contribution in [2.75, 3.05) is 0 Å². The summed E-state index contributed by atoms with van der Waals surface area (Å²) in [6.45, 7) is 6.45. The van der Waals surface area contributed by atoms with Crippen molar-refractivity contribution >= 4 is 0 Å². The van der Waals surface area contributed by atoms with Crippen molar-refractivity contribution in [2.24, 2.45) is 0 Å². The van der Waals surface area contributed by atoms with Gasteiger partial charge in [0, 0.05) is 0 Å². The lowest BCUT2D eigenvalue weighted by Gasteiger charge is -2.34. The minimum atomic E-state index is -4.45. The maximum Gasteiger partial charge on any atom is 0.402 e. The number of aromatic hydroxyl groups is 1. The van der Waals surface area contributed by atoms with E-state index in [1.165, 1.54) is 31.2 Å². The molecule has 0 aliphatic rings. The third kappa shape index (κ3) is 2.58. The first-order valence-electron chi connectivity index (χ1n) is 7.02. The first kappa shape index (κ1) is 16.4. The molecule has 0 aliphatic carbocycles. The molecule has 0 fully saturated rings. The van der Waals surface area contributed by atoms with Gasteiger partial charge in [-0.2, -0.15) is 13.2 Å². The number of hydrogen-bond donors (Lipinski definition) is 1. The van der Waals surface area contributed by atoms with Gasteiger partial charge in [-0.3, -0.25) is 0 Å². The highest BCUT2D eigenvalue weighted by atomic mass is 19.4. The van der Waals surface area contributed by atoms with E-state index < -0.39 is 11.6 Å². The van der Waals surface area contributed by atoms with Crippen LogP contribution in [-0.2, 0) is 5.41 Å². The minimum Gasteiger partial charge on any atom is -0.508 e. The van der Waals surface area contributed by atoms with Crippen LogP contribution in [0.3, 0.4) is 0 Å². The monoisotopic (exact) mass is 308 g/mol. The predicted octanol–water partition coefficient (Wildman–Crippen LogP) is 5.19. The Morgan fingerprint density at radius 3 is 1.73 bits per heavy atom. The predicted molar refractivity (Wildman–Crippen MR) is 81.3 cm³/mol. The van der Waals surface area contributed by atoms with Crippen molar-refractivity contribution in [1.82, 2.24) is 0 Å². The van der Waals surface area contributed by atoms with E-state index in [0.29, 0.717) is 5.56 Å². The molecule has 0 radical (unpaired) electrons. The number of hydrogen-bond acceptors (Lipinski definition) is 1. The van der Waals surface area contributed by atoms with E-state index in [4.69, 9.17) is 0 Å². The molecule has 2 aromatic rings. The van der Waals surface area contributed by atoms with E-state index in [9.17, 15) is 18.3 Å². The molecule has 0 saturated carbocycles. The Kier molecular flexibility index (Phi) is 3.98. The van der Waals surface area contributed by atoms with Crippen LogP contribution in [0.2, 0.25) is 0 Å². The standard InChI is InChI=1S/C18H19F3O/c1-11-5-6-14(9-12(11)2)17(4,18(19,20)21)15-7-8-16(22)13(3)10-15/h5-10,22H,1-4H3/t17-/m0/s1. The van der Waals surface area contributed by atoms with Gasteiger partial charge in [0.15, 0.2) is 0 Å². The number of aryl methyl sites for hydroxylation is 3. The zero-order valence-corrected chi connectivity index (χ0v) is 13.0. The Morgan fingerprint density at radius 2 is 1.27 bits per heavy atom. The summed E-state index contributed by atoms with van der Waals surface area (Å²) in [5.74, 6) is -0.00615. The molecule has 1 N–H and O–H groups in total. The Morgan fingerprint density at radius 1 is 0.773 bits per heavy atom. The second-order valence-electron chi connectivity index (χ2n) is 5.92. The van der Waals surface area contributed by atoms with Gasteiger partial charge < -0.3 is 5.11 Å². The average molecular weight is 308 g/mol. The molecule has 0 unspecified atom stereocenters. The number of halogens is 3. The summed E-state index contributed by atoms with van der Waals surface area (Å²) >= 11 is 0. The highest BCUT2D eigenvalue weighted by Crippen LogP contribution is 2.47. The lowest BCUT2D eigenvalue weighted by atomic mass is 9.74. The molecule has 0 aliphatic heterocycles. The fourth-order valence-corrected chi connectivity index (χ4v) is 2.51. The van der Waals surface area contributed by atoms with Crippen LogP contribution in [0.15, 0.2) is 36.4 Å². The number of rotatable bonds is 2.